The molecule has 0 saturated heterocycles. The number of rotatable bonds is 6. The number of ketones is 1. The minimum absolute atomic E-state index is 0.0173. The van der Waals surface area contributed by atoms with E-state index in [0.29, 0.717) is 12.3 Å². The number of nitrogens with zero attached hydrogens (tertiary/aromatic N) is 1. The summed E-state index contributed by atoms with van der Waals surface area (Å²) in [5, 5.41) is 0. The zero-order valence-electron chi connectivity index (χ0n) is 11.6. The Labute approximate surface area is 116 Å². The number of nitrogens with two attached hydrogens (primary N) is 1. The molecule has 20 heavy (non-hydrogen) atoms. The van der Waals surface area contributed by atoms with E-state index in [9.17, 15) is 18.0 Å². The molecule has 0 spiro atoms. The van der Waals surface area contributed by atoms with E-state index in [2.05, 4.69) is 4.98 Å². The van der Waals surface area contributed by atoms with E-state index < -0.39 is 17.5 Å². The zero-order chi connectivity index (χ0) is 15.3. The molecule has 1 aromatic heterocycles. The molecule has 1 heterocycles. The van der Waals surface area contributed by atoms with Crippen molar-refractivity contribution in [1.82, 2.24) is 4.98 Å². The summed E-state index contributed by atoms with van der Waals surface area (Å²) in [5.41, 5.74) is 4.28. The van der Waals surface area contributed by atoms with Crippen molar-refractivity contribution in [1.29, 1.82) is 0 Å². The number of hydrogen-bond donors (Lipinski definition) is 1. The maximum absolute atomic E-state index is 12.8. The van der Waals surface area contributed by atoms with Crippen LogP contribution in [0.2, 0.25) is 0 Å². The third-order valence-corrected chi connectivity index (χ3v) is 3.04. The topological polar surface area (TPSA) is 56.0 Å². The van der Waals surface area contributed by atoms with Gasteiger partial charge in [0.1, 0.15) is 0 Å². The van der Waals surface area contributed by atoms with Crippen LogP contribution in [-0.2, 0) is 6.18 Å². The molecule has 0 aliphatic rings. The number of hydrogen-bond acceptors (Lipinski definition) is 3. The van der Waals surface area contributed by atoms with Gasteiger partial charge < -0.3 is 5.73 Å². The minimum atomic E-state index is -4.55. The molecule has 0 aliphatic carbocycles. The fraction of sp³-hybridized carbons (Fsp3) is 0.571. The van der Waals surface area contributed by atoms with Gasteiger partial charge in [0.15, 0.2) is 5.78 Å². The van der Waals surface area contributed by atoms with Crippen LogP contribution in [-0.4, -0.2) is 17.3 Å². The number of pyridine rings is 1. The van der Waals surface area contributed by atoms with Gasteiger partial charge in [0.05, 0.1) is 5.56 Å². The number of halogens is 3. The molecule has 2 N–H and O–H groups in total. The highest BCUT2D eigenvalue weighted by Gasteiger charge is 2.35. The molecular formula is C14H19F3N2O. The average Bonchev–Trinajstić information content (AvgIpc) is 2.36. The highest BCUT2D eigenvalue weighted by Crippen LogP contribution is 2.32. The van der Waals surface area contributed by atoms with E-state index in [-0.39, 0.29) is 24.4 Å². The summed E-state index contributed by atoms with van der Waals surface area (Å²) in [5.74, 6) is -0.322. The smallest absolute Gasteiger partial charge is 0.330 e. The van der Waals surface area contributed by atoms with Crippen molar-refractivity contribution in [2.75, 3.05) is 6.54 Å². The first-order valence-corrected chi connectivity index (χ1v) is 6.50. The molecule has 1 unspecified atom stereocenters. The van der Waals surface area contributed by atoms with Crippen LogP contribution in [0.4, 0.5) is 13.2 Å². The second-order valence-corrected chi connectivity index (χ2v) is 5.28. The second-order valence-electron chi connectivity index (χ2n) is 5.28. The van der Waals surface area contributed by atoms with E-state index in [1.165, 1.54) is 0 Å². The molecule has 0 aliphatic heterocycles. The predicted molar refractivity (Wildman–Crippen MR) is 70.2 cm³/mol. The van der Waals surface area contributed by atoms with E-state index in [0.717, 1.165) is 18.5 Å². The molecule has 1 atom stereocenters. The monoisotopic (exact) mass is 288 g/mol. The number of alkyl halides is 3. The van der Waals surface area contributed by atoms with Crippen LogP contribution in [0.25, 0.3) is 0 Å². The molecule has 112 valence electrons. The highest BCUT2D eigenvalue weighted by atomic mass is 19.4. The normalized spacial score (nSPS) is 13.6. The third-order valence-electron chi connectivity index (χ3n) is 3.04. The van der Waals surface area contributed by atoms with Gasteiger partial charge in [-0.3, -0.25) is 9.78 Å². The van der Waals surface area contributed by atoms with Gasteiger partial charge >= 0.3 is 6.18 Å². The third kappa shape index (κ3) is 4.59. The van der Waals surface area contributed by atoms with E-state index in [4.69, 9.17) is 5.73 Å². The van der Waals surface area contributed by atoms with Gasteiger partial charge in [0.2, 0.25) is 0 Å². The Morgan fingerprint density at radius 2 is 2.05 bits per heavy atom. The molecule has 0 bridgehead atoms. The van der Waals surface area contributed by atoms with Gasteiger partial charge in [-0.1, -0.05) is 13.8 Å². The fourth-order valence-corrected chi connectivity index (χ4v) is 2.17. The van der Waals surface area contributed by atoms with Crippen LogP contribution in [0.3, 0.4) is 0 Å². The first kappa shape index (κ1) is 16.6. The molecule has 0 saturated carbocycles. The van der Waals surface area contributed by atoms with Crippen molar-refractivity contribution in [3.05, 3.63) is 29.6 Å². The Morgan fingerprint density at radius 1 is 1.40 bits per heavy atom. The fourth-order valence-electron chi connectivity index (χ4n) is 2.17. The van der Waals surface area contributed by atoms with E-state index >= 15 is 0 Å². The lowest BCUT2D eigenvalue weighted by atomic mass is 9.90. The quantitative estimate of drug-likeness (QED) is 0.817. The van der Waals surface area contributed by atoms with Crippen LogP contribution in [0, 0.1) is 11.8 Å². The van der Waals surface area contributed by atoms with Crippen LogP contribution < -0.4 is 5.73 Å². The number of Topliss-reactive ketones (excluding diaryl/α,β-unsaturated/α-hetero) is 1. The summed E-state index contributed by atoms with van der Waals surface area (Å²) in [7, 11) is 0. The van der Waals surface area contributed by atoms with E-state index in [1.807, 2.05) is 13.8 Å². The molecular weight excluding hydrogens is 269 g/mol. The molecule has 6 heteroatoms. The van der Waals surface area contributed by atoms with Gasteiger partial charge in [-0.15, -0.1) is 0 Å². The summed E-state index contributed by atoms with van der Waals surface area (Å²) in [6.07, 6.45) is -1.81. The molecule has 0 radical (unpaired) electrons. The molecule has 1 rings (SSSR count). The summed E-state index contributed by atoms with van der Waals surface area (Å²) < 4.78 is 38.5. The van der Waals surface area contributed by atoms with Crippen molar-refractivity contribution in [2.45, 2.75) is 32.9 Å². The second kappa shape index (κ2) is 6.83. The Bertz CT molecular complexity index is 458. The van der Waals surface area contributed by atoms with Gasteiger partial charge in [-0.2, -0.15) is 13.2 Å². The maximum atomic E-state index is 12.8. The standard InChI is InChI=1S/C14H19F3N2O/c1-9(2)5-10(7-18)6-13(20)11-8-19-4-3-12(11)14(15,16)17/h3-4,8-10H,5-7,18H2,1-2H3. The lowest BCUT2D eigenvalue weighted by molar-refractivity contribution is -0.138. The van der Waals surface area contributed by atoms with Crippen LogP contribution in [0.5, 0.6) is 0 Å². The SMILES string of the molecule is CC(C)CC(CN)CC(=O)c1cnccc1C(F)(F)F. The van der Waals surface area contributed by atoms with Gasteiger partial charge in [0.25, 0.3) is 0 Å². The molecule has 0 fully saturated rings. The van der Waals surface area contributed by atoms with Gasteiger partial charge in [-0.25, -0.2) is 0 Å². The zero-order valence-corrected chi connectivity index (χ0v) is 11.6. The predicted octanol–water partition coefficient (Wildman–Crippen LogP) is 3.29. The van der Waals surface area contributed by atoms with Crippen molar-refractivity contribution >= 4 is 5.78 Å². The largest absolute Gasteiger partial charge is 0.417 e. The number of carbonyl (C=O) groups is 1. The van der Waals surface area contributed by atoms with Crippen molar-refractivity contribution in [2.24, 2.45) is 17.6 Å². The molecule has 1 aromatic rings. The highest BCUT2D eigenvalue weighted by molar-refractivity contribution is 5.97. The van der Waals surface area contributed by atoms with Crippen molar-refractivity contribution < 1.29 is 18.0 Å². The molecule has 3 nitrogen and oxygen atoms in total. The van der Waals surface area contributed by atoms with Crippen molar-refractivity contribution in [3.63, 3.8) is 0 Å². The maximum Gasteiger partial charge on any atom is 0.417 e. The Balaban J connectivity index is 2.93. The Hall–Kier alpha value is -1.43. The summed E-state index contributed by atoms with van der Waals surface area (Å²) in [4.78, 5) is 15.7. The lowest BCUT2D eigenvalue weighted by Gasteiger charge is -2.17. The summed E-state index contributed by atoms with van der Waals surface area (Å²) in [6, 6.07) is 0.827. The van der Waals surface area contributed by atoms with Crippen LogP contribution >= 0.6 is 0 Å². The first-order valence-electron chi connectivity index (χ1n) is 6.50. The molecule has 0 amide bonds. The van der Waals surface area contributed by atoms with Crippen LogP contribution in [0.1, 0.15) is 42.6 Å². The average molecular weight is 288 g/mol. The number of aromatic nitrogens is 1. The Kier molecular flexibility index (Phi) is 5.68. The van der Waals surface area contributed by atoms with Crippen LogP contribution in [0.15, 0.2) is 18.5 Å². The van der Waals surface area contributed by atoms with Gasteiger partial charge in [0, 0.05) is 24.4 Å². The molecule has 0 aromatic carbocycles. The first-order chi connectivity index (χ1) is 9.25. The number of carbonyl (C=O) groups excluding carboxylic acids is 1. The van der Waals surface area contributed by atoms with Gasteiger partial charge in [-0.05, 0) is 30.9 Å². The van der Waals surface area contributed by atoms with Crippen molar-refractivity contribution in [3.8, 4) is 0 Å². The minimum Gasteiger partial charge on any atom is -0.330 e. The Morgan fingerprint density at radius 3 is 2.55 bits per heavy atom. The summed E-state index contributed by atoms with van der Waals surface area (Å²) in [6.45, 7) is 4.25. The van der Waals surface area contributed by atoms with E-state index in [1.54, 1.807) is 0 Å². The summed E-state index contributed by atoms with van der Waals surface area (Å²) >= 11 is 0. The lowest BCUT2D eigenvalue weighted by Crippen LogP contribution is -2.22.